The van der Waals surface area contributed by atoms with E-state index < -0.39 is 17.5 Å². The first-order valence-electron chi connectivity index (χ1n) is 8.41. The third-order valence-corrected chi connectivity index (χ3v) is 4.80. The van der Waals surface area contributed by atoms with Crippen LogP contribution in [0.15, 0.2) is 30.6 Å². The molecule has 0 unspecified atom stereocenters. The van der Waals surface area contributed by atoms with Gasteiger partial charge in [0.25, 0.3) is 0 Å². The number of hydrogen-bond donors (Lipinski definition) is 1. The van der Waals surface area contributed by atoms with E-state index in [1.165, 1.54) is 12.3 Å². The topological polar surface area (TPSA) is 50.5 Å². The maximum Gasteiger partial charge on any atom is 0.417 e. The van der Waals surface area contributed by atoms with Gasteiger partial charge in [-0.2, -0.15) is 13.2 Å². The average molecular weight is 365 g/mol. The summed E-state index contributed by atoms with van der Waals surface area (Å²) < 4.78 is 47.8. The van der Waals surface area contributed by atoms with Crippen molar-refractivity contribution in [2.24, 2.45) is 0 Å². The zero-order valence-corrected chi connectivity index (χ0v) is 14.0. The fraction of sp³-hybridized carbons (Fsp3) is 0.389. The number of fused-ring (bicyclic) bond motifs is 3. The van der Waals surface area contributed by atoms with Crippen molar-refractivity contribution in [1.82, 2.24) is 14.5 Å². The molecule has 0 spiro atoms. The maximum absolute atomic E-state index is 13.6. The molecule has 0 amide bonds. The van der Waals surface area contributed by atoms with E-state index in [9.17, 15) is 18.3 Å². The molecule has 0 radical (unpaired) electrons. The van der Waals surface area contributed by atoms with Crippen LogP contribution >= 0.6 is 0 Å². The van der Waals surface area contributed by atoms with Gasteiger partial charge < -0.3 is 14.4 Å². The van der Waals surface area contributed by atoms with E-state index in [1.54, 1.807) is 12.3 Å². The monoisotopic (exact) mass is 365 g/mol. The van der Waals surface area contributed by atoms with Crippen LogP contribution in [-0.2, 0) is 17.5 Å². The predicted molar refractivity (Wildman–Crippen MR) is 91.2 cm³/mol. The van der Waals surface area contributed by atoms with Gasteiger partial charge in [-0.05, 0) is 12.1 Å². The molecule has 1 aliphatic heterocycles. The number of morpholine rings is 1. The highest BCUT2D eigenvalue weighted by Crippen LogP contribution is 2.41. The molecule has 138 valence electrons. The van der Waals surface area contributed by atoms with Crippen LogP contribution in [0, 0.1) is 0 Å². The van der Waals surface area contributed by atoms with Gasteiger partial charge >= 0.3 is 6.18 Å². The third-order valence-electron chi connectivity index (χ3n) is 4.80. The van der Waals surface area contributed by atoms with Crippen LogP contribution in [0.3, 0.4) is 0 Å². The largest absolute Gasteiger partial charge is 0.508 e. The molecule has 3 aromatic rings. The van der Waals surface area contributed by atoms with Crippen LogP contribution in [0.2, 0.25) is 0 Å². The van der Waals surface area contributed by atoms with Gasteiger partial charge in [-0.15, -0.1) is 0 Å². The molecule has 4 rings (SSSR count). The summed E-state index contributed by atoms with van der Waals surface area (Å²) in [6, 6.07) is 3.77. The molecule has 1 saturated heterocycles. The SMILES string of the molecule is Oc1cc(C(F)(F)F)c2c3ccncc3n(CCN3CCOCC3)c2c1. The Hall–Kier alpha value is -2.32. The van der Waals surface area contributed by atoms with E-state index in [0.29, 0.717) is 42.7 Å². The maximum atomic E-state index is 13.6. The number of pyridine rings is 1. The molecule has 8 heteroatoms. The molecule has 0 aliphatic carbocycles. The molecule has 1 fully saturated rings. The van der Waals surface area contributed by atoms with Crippen molar-refractivity contribution in [2.75, 3.05) is 32.8 Å². The van der Waals surface area contributed by atoms with E-state index >= 15 is 0 Å². The molecule has 0 atom stereocenters. The Morgan fingerprint density at radius 2 is 1.88 bits per heavy atom. The zero-order valence-electron chi connectivity index (χ0n) is 14.0. The van der Waals surface area contributed by atoms with Gasteiger partial charge in [-0.3, -0.25) is 9.88 Å². The first kappa shape index (κ1) is 17.1. The molecule has 0 saturated carbocycles. The summed E-state index contributed by atoms with van der Waals surface area (Å²) in [7, 11) is 0. The van der Waals surface area contributed by atoms with Gasteiger partial charge in [-0.1, -0.05) is 0 Å². The number of aromatic nitrogens is 2. The van der Waals surface area contributed by atoms with Crippen LogP contribution in [0.25, 0.3) is 21.8 Å². The minimum Gasteiger partial charge on any atom is -0.508 e. The van der Waals surface area contributed by atoms with Crippen molar-refractivity contribution in [3.05, 3.63) is 36.2 Å². The first-order valence-corrected chi connectivity index (χ1v) is 8.41. The minimum absolute atomic E-state index is 0.106. The number of ether oxygens (including phenoxy) is 1. The van der Waals surface area contributed by atoms with Crippen LogP contribution < -0.4 is 0 Å². The lowest BCUT2D eigenvalue weighted by Crippen LogP contribution is -2.38. The lowest BCUT2D eigenvalue weighted by Gasteiger charge is -2.26. The van der Waals surface area contributed by atoms with E-state index in [4.69, 9.17) is 4.74 Å². The molecule has 1 N–H and O–H groups in total. The molecule has 26 heavy (non-hydrogen) atoms. The molecular weight excluding hydrogens is 347 g/mol. The number of alkyl halides is 3. The summed E-state index contributed by atoms with van der Waals surface area (Å²) in [5.74, 6) is -0.395. The quantitative estimate of drug-likeness (QED) is 0.774. The number of phenols is 1. The summed E-state index contributed by atoms with van der Waals surface area (Å²) in [4.78, 5) is 6.29. The van der Waals surface area contributed by atoms with Crippen molar-refractivity contribution < 1.29 is 23.0 Å². The second-order valence-corrected chi connectivity index (χ2v) is 6.38. The third kappa shape index (κ3) is 2.99. The Balaban J connectivity index is 1.86. The van der Waals surface area contributed by atoms with E-state index in [0.717, 1.165) is 19.2 Å². The highest BCUT2D eigenvalue weighted by Gasteiger charge is 2.35. The zero-order chi connectivity index (χ0) is 18.3. The van der Waals surface area contributed by atoms with Gasteiger partial charge in [0.2, 0.25) is 0 Å². The molecule has 5 nitrogen and oxygen atoms in total. The van der Waals surface area contributed by atoms with Crippen molar-refractivity contribution in [3.63, 3.8) is 0 Å². The highest BCUT2D eigenvalue weighted by atomic mass is 19.4. The molecule has 0 bridgehead atoms. The minimum atomic E-state index is -4.55. The molecule has 2 aromatic heterocycles. The van der Waals surface area contributed by atoms with Crippen molar-refractivity contribution in [3.8, 4) is 5.75 Å². The second kappa shape index (κ2) is 6.44. The van der Waals surface area contributed by atoms with Gasteiger partial charge in [-0.25, -0.2) is 0 Å². The highest BCUT2D eigenvalue weighted by molar-refractivity contribution is 6.10. The smallest absolute Gasteiger partial charge is 0.417 e. The lowest BCUT2D eigenvalue weighted by molar-refractivity contribution is -0.136. The second-order valence-electron chi connectivity index (χ2n) is 6.38. The van der Waals surface area contributed by atoms with Gasteiger partial charge in [0.15, 0.2) is 0 Å². The van der Waals surface area contributed by atoms with Crippen molar-refractivity contribution in [1.29, 1.82) is 0 Å². The number of halogens is 3. The summed E-state index contributed by atoms with van der Waals surface area (Å²) in [6.07, 6.45) is -1.49. The van der Waals surface area contributed by atoms with Crippen LogP contribution in [-0.4, -0.2) is 52.4 Å². The molecular formula is C18H18F3N3O2. The summed E-state index contributed by atoms with van der Waals surface area (Å²) >= 11 is 0. The normalized spacial score (nSPS) is 16.6. The van der Waals surface area contributed by atoms with Crippen molar-refractivity contribution >= 4 is 21.8 Å². The lowest BCUT2D eigenvalue weighted by atomic mass is 10.1. The first-order chi connectivity index (χ1) is 12.4. The Morgan fingerprint density at radius 1 is 1.12 bits per heavy atom. The summed E-state index contributed by atoms with van der Waals surface area (Å²) in [6.45, 7) is 4.12. The standard InChI is InChI=1S/C18H18F3N3O2/c19-18(20,21)14-9-12(25)10-15-17(14)13-1-2-22-11-16(13)24(15)4-3-23-5-7-26-8-6-23/h1-2,9-11,25H,3-8H2. The van der Waals surface area contributed by atoms with Gasteiger partial charge in [0.05, 0.1) is 36.0 Å². The Labute approximate surface area is 147 Å². The fourth-order valence-corrected chi connectivity index (χ4v) is 3.58. The predicted octanol–water partition coefficient (Wildman–Crippen LogP) is 3.25. The molecule has 1 aliphatic rings. The number of benzene rings is 1. The number of aromatic hydroxyl groups is 1. The van der Waals surface area contributed by atoms with Crippen molar-refractivity contribution in [2.45, 2.75) is 12.7 Å². The fourth-order valence-electron chi connectivity index (χ4n) is 3.58. The van der Waals surface area contributed by atoms with Gasteiger partial charge in [0.1, 0.15) is 5.75 Å². The Bertz CT molecular complexity index is 946. The van der Waals surface area contributed by atoms with E-state index in [2.05, 4.69) is 9.88 Å². The Kier molecular flexibility index (Phi) is 4.24. The number of rotatable bonds is 3. The number of nitrogens with zero attached hydrogens (tertiary/aromatic N) is 3. The molecule has 1 aromatic carbocycles. The molecule has 3 heterocycles. The Morgan fingerprint density at radius 3 is 2.62 bits per heavy atom. The van der Waals surface area contributed by atoms with E-state index in [-0.39, 0.29) is 5.39 Å². The average Bonchev–Trinajstić information content (AvgIpc) is 2.92. The number of hydrogen-bond acceptors (Lipinski definition) is 4. The van der Waals surface area contributed by atoms with Crippen LogP contribution in [0.4, 0.5) is 13.2 Å². The summed E-state index contributed by atoms with van der Waals surface area (Å²) in [5.41, 5.74) is 0.175. The van der Waals surface area contributed by atoms with Gasteiger partial charge in [0, 0.05) is 49.2 Å². The van der Waals surface area contributed by atoms with Crippen LogP contribution in [0.5, 0.6) is 5.75 Å². The summed E-state index contributed by atoms with van der Waals surface area (Å²) in [5, 5.41) is 10.5. The van der Waals surface area contributed by atoms with E-state index in [1.807, 2.05) is 4.57 Å². The number of phenolic OH excluding ortho intramolecular Hbond substituents is 1. The van der Waals surface area contributed by atoms with Crippen LogP contribution in [0.1, 0.15) is 5.56 Å².